The summed E-state index contributed by atoms with van der Waals surface area (Å²) < 4.78 is 5.11. The van der Waals surface area contributed by atoms with Gasteiger partial charge in [0.1, 0.15) is 12.7 Å². The number of alkyl carbamates (subject to hydrolysis) is 1. The highest BCUT2D eigenvalue weighted by Gasteiger charge is 2.22. The number of carbonyl (C=O) groups is 1. The number of ether oxygens (including phenoxy) is 1. The third-order valence-corrected chi connectivity index (χ3v) is 4.32. The minimum atomic E-state index is -0.988. The normalized spacial score (nSPS) is 13.1. The van der Waals surface area contributed by atoms with Crippen LogP contribution >= 0.6 is 0 Å². The van der Waals surface area contributed by atoms with Crippen molar-refractivity contribution in [1.82, 2.24) is 5.32 Å². The van der Waals surface area contributed by atoms with E-state index >= 15 is 0 Å². The van der Waals surface area contributed by atoms with Gasteiger partial charge in [-0.2, -0.15) is 0 Å². The number of rotatable bonds is 7. The van der Waals surface area contributed by atoms with E-state index in [4.69, 9.17) is 4.74 Å². The number of benzene rings is 2. The molecule has 1 amide bonds. The van der Waals surface area contributed by atoms with Crippen molar-refractivity contribution in [3.8, 4) is 0 Å². The molecule has 2 aromatic carbocycles. The number of amides is 1. The summed E-state index contributed by atoms with van der Waals surface area (Å²) in [5, 5.41) is 23.3. The van der Waals surface area contributed by atoms with E-state index in [0.717, 1.165) is 27.8 Å². The van der Waals surface area contributed by atoms with Gasteiger partial charge >= 0.3 is 6.09 Å². The lowest BCUT2D eigenvalue weighted by molar-refractivity contribution is 0.0129. The zero-order chi connectivity index (χ0) is 19.1. The summed E-state index contributed by atoms with van der Waals surface area (Å²) in [5.41, 5.74) is 4.67. The molecule has 0 saturated heterocycles. The fraction of sp³-hybridized carbons (Fsp3) is 0.381. The number of carbonyl (C=O) groups excluding carboxylic acids is 1. The maximum atomic E-state index is 11.7. The maximum Gasteiger partial charge on any atom is 0.407 e. The number of aliphatic hydroxyl groups excluding tert-OH is 2. The van der Waals surface area contributed by atoms with Crippen molar-refractivity contribution in [2.45, 2.75) is 46.0 Å². The molecule has 0 saturated carbocycles. The van der Waals surface area contributed by atoms with Crippen molar-refractivity contribution >= 4 is 6.09 Å². The Kier molecular flexibility index (Phi) is 7.18. The van der Waals surface area contributed by atoms with Crippen LogP contribution in [-0.4, -0.2) is 29.0 Å². The van der Waals surface area contributed by atoms with Gasteiger partial charge in [0.05, 0.1) is 6.10 Å². The number of hydrogen-bond acceptors (Lipinski definition) is 4. The monoisotopic (exact) mass is 357 g/mol. The van der Waals surface area contributed by atoms with Crippen LogP contribution < -0.4 is 5.32 Å². The Morgan fingerprint density at radius 1 is 1.08 bits per heavy atom. The van der Waals surface area contributed by atoms with Crippen LogP contribution in [0.1, 0.15) is 40.3 Å². The summed E-state index contributed by atoms with van der Waals surface area (Å²) in [6.45, 7) is 6.25. The first kappa shape index (κ1) is 19.9. The number of hydrogen-bond donors (Lipinski definition) is 3. The third-order valence-electron chi connectivity index (χ3n) is 4.32. The summed E-state index contributed by atoms with van der Waals surface area (Å²) >= 11 is 0. The van der Waals surface area contributed by atoms with Gasteiger partial charge in [-0.25, -0.2) is 4.79 Å². The number of nitrogens with one attached hydrogen (secondary N) is 1. The molecule has 0 fully saturated rings. The van der Waals surface area contributed by atoms with E-state index in [1.807, 2.05) is 63.2 Å². The first-order valence-electron chi connectivity index (χ1n) is 8.77. The van der Waals surface area contributed by atoms with Crippen LogP contribution in [-0.2, 0) is 11.3 Å². The summed E-state index contributed by atoms with van der Waals surface area (Å²) in [5.74, 6) is 0. The Bertz CT molecular complexity index is 707. The molecule has 0 radical (unpaired) electrons. The van der Waals surface area contributed by atoms with Gasteiger partial charge in [-0.15, -0.1) is 0 Å². The molecule has 0 aliphatic carbocycles. The van der Waals surface area contributed by atoms with Gasteiger partial charge in [0.15, 0.2) is 0 Å². The van der Waals surface area contributed by atoms with Crippen molar-refractivity contribution in [3.63, 3.8) is 0 Å². The van der Waals surface area contributed by atoms with E-state index in [-0.39, 0.29) is 19.6 Å². The predicted molar refractivity (Wildman–Crippen MR) is 101 cm³/mol. The second-order valence-corrected chi connectivity index (χ2v) is 6.60. The van der Waals surface area contributed by atoms with E-state index in [0.29, 0.717) is 0 Å². The fourth-order valence-corrected chi connectivity index (χ4v) is 3.10. The number of aliphatic hydroxyl groups is 2. The van der Waals surface area contributed by atoms with Gasteiger partial charge < -0.3 is 20.3 Å². The molecule has 0 aliphatic heterocycles. The molecular weight excluding hydrogens is 330 g/mol. The van der Waals surface area contributed by atoms with Crippen molar-refractivity contribution in [3.05, 3.63) is 70.3 Å². The van der Waals surface area contributed by atoms with E-state index in [2.05, 4.69) is 5.32 Å². The minimum Gasteiger partial charge on any atom is -0.445 e. The second kappa shape index (κ2) is 9.36. The molecular formula is C21H27NO4. The van der Waals surface area contributed by atoms with Crippen LogP contribution in [0.25, 0.3) is 0 Å². The molecule has 2 aromatic rings. The zero-order valence-electron chi connectivity index (χ0n) is 15.5. The summed E-state index contributed by atoms with van der Waals surface area (Å²) in [4.78, 5) is 11.7. The standard InChI is InChI=1S/C21H27NO4/c1-14-11-15(2)19(16(3)12-14)20(24)18(23)9-10-22-21(25)26-13-17-7-5-4-6-8-17/h4-8,11-12,18,20,23-24H,9-10,13H2,1-3H3,(H,22,25). The lowest BCUT2D eigenvalue weighted by atomic mass is 9.92. The smallest absolute Gasteiger partial charge is 0.407 e. The van der Waals surface area contributed by atoms with E-state index in [9.17, 15) is 15.0 Å². The van der Waals surface area contributed by atoms with Crippen molar-refractivity contribution in [1.29, 1.82) is 0 Å². The highest BCUT2D eigenvalue weighted by atomic mass is 16.5. The Balaban J connectivity index is 1.79. The van der Waals surface area contributed by atoms with Crippen LogP contribution in [0.2, 0.25) is 0 Å². The molecule has 2 unspecified atom stereocenters. The van der Waals surface area contributed by atoms with Gasteiger partial charge in [-0.1, -0.05) is 48.0 Å². The first-order chi connectivity index (χ1) is 12.4. The molecule has 0 aliphatic rings. The largest absolute Gasteiger partial charge is 0.445 e. The molecule has 5 nitrogen and oxygen atoms in total. The fourth-order valence-electron chi connectivity index (χ4n) is 3.10. The average molecular weight is 357 g/mol. The van der Waals surface area contributed by atoms with Crippen molar-refractivity contribution < 1.29 is 19.7 Å². The molecule has 2 rings (SSSR count). The quantitative estimate of drug-likeness (QED) is 0.710. The number of aryl methyl sites for hydroxylation is 3. The summed E-state index contributed by atoms with van der Waals surface area (Å²) in [6.07, 6.45) is -2.27. The SMILES string of the molecule is Cc1cc(C)c(C(O)C(O)CCNC(=O)OCc2ccccc2)c(C)c1. The Morgan fingerprint density at radius 3 is 2.31 bits per heavy atom. The van der Waals surface area contributed by atoms with E-state index < -0.39 is 18.3 Å². The van der Waals surface area contributed by atoms with E-state index in [1.165, 1.54) is 0 Å². The van der Waals surface area contributed by atoms with E-state index in [1.54, 1.807) is 0 Å². The van der Waals surface area contributed by atoms with Crippen molar-refractivity contribution in [2.75, 3.05) is 6.54 Å². The lowest BCUT2D eigenvalue weighted by Crippen LogP contribution is -2.30. The Labute approximate surface area is 154 Å². The molecule has 3 N–H and O–H groups in total. The second-order valence-electron chi connectivity index (χ2n) is 6.60. The lowest BCUT2D eigenvalue weighted by Gasteiger charge is -2.22. The summed E-state index contributed by atoms with van der Waals surface area (Å²) in [7, 11) is 0. The van der Waals surface area contributed by atoms with Gasteiger partial charge in [-0.3, -0.25) is 0 Å². The predicted octanol–water partition coefficient (Wildman–Crippen LogP) is 3.32. The molecule has 5 heteroatoms. The van der Waals surface area contributed by atoms with Crippen LogP contribution in [0.3, 0.4) is 0 Å². The summed E-state index contributed by atoms with van der Waals surface area (Å²) in [6, 6.07) is 13.4. The minimum absolute atomic E-state index is 0.194. The Morgan fingerprint density at radius 2 is 1.69 bits per heavy atom. The van der Waals surface area contributed by atoms with Crippen LogP contribution in [0.15, 0.2) is 42.5 Å². The molecule has 140 valence electrons. The highest BCUT2D eigenvalue weighted by molar-refractivity contribution is 5.67. The molecule has 0 aromatic heterocycles. The average Bonchev–Trinajstić information content (AvgIpc) is 2.59. The van der Waals surface area contributed by atoms with Crippen molar-refractivity contribution in [2.24, 2.45) is 0 Å². The molecule has 26 heavy (non-hydrogen) atoms. The van der Waals surface area contributed by atoms with Crippen LogP contribution in [0.4, 0.5) is 4.79 Å². The molecule has 0 spiro atoms. The molecule has 2 atom stereocenters. The van der Waals surface area contributed by atoms with Crippen LogP contribution in [0.5, 0.6) is 0 Å². The van der Waals surface area contributed by atoms with Gasteiger partial charge in [0.2, 0.25) is 0 Å². The topological polar surface area (TPSA) is 78.8 Å². The third kappa shape index (κ3) is 5.58. The highest BCUT2D eigenvalue weighted by Crippen LogP contribution is 2.26. The van der Waals surface area contributed by atoms with Gasteiger partial charge in [0.25, 0.3) is 0 Å². The first-order valence-corrected chi connectivity index (χ1v) is 8.77. The zero-order valence-corrected chi connectivity index (χ0v) is 15.5. The Hall–Kier alpha value is -2.37. The van der Waals surface area contributed by atoms with Gasteiger partial charge in [-0.05, 0) is 49.4 Å². The molecule has 0 bridgehead atoms. The molecule has 0 heterocycles. The van der Waals surface area contributed by atoms with Gasteiger partial charge in [0, 0.05) is 6.54 Å². The van der Waals surface area contributed by atoms with Crippen LogP contribution in [0, 0.1) is 20.8 Å². The maximum absolute atomic E-state index is 11.7.